The number of fused-ring (bicyclic) bond motifs is 1. The molecule has 2 unspecified atom stereocenters. The van der Waals surface area contributed by atoms with Gasteiger partial charge in [0.1, 0.15) is 0 Å². The Morgan fingerprint density at radius 1 is 1.53 bits per heavy atom. The normalized spacial score (nSPS) is 26.8. The molecule has 2 heterocycles. The summed E-state index contributed by atoms with van der Waals surface area (Å²) in [6, 6.07) is 0.663. The Bertz CT molecular complexity index is 482. The van der Waals surface area contributed by atoms with Gasteiger partial charge in [-0.2, -0.15) is 5.10 Å². The number of aromatic nitrogens is 2. The van der Waals surface area contributed by atoms with Gasteiger partial charge in [0.05, 0.1) is 6.20 Å². The molecular formula is C14H22N4O. The lowest BCUT2D eigenvalue weighted by Gasteiger charge is -2.26. The predicted octanol–water partition coefficient (Wildman–Crippen LogP) is 1.01. The maximum atomic E-state index is 11.8. The molecule has 1 amide bonds. The van der Waals surface area contributed by atoms with Crippen LogP contribution in [0.3, 0.4) is 0 Å². The van der Waals surface area contributed by atoms with Crippen LogP contribution < -0.4 is 5.32 Å². The molecular weight excluding hydrogens is 240 g/mol. The lowest BCUT2D eigenvalue weighted by atomic mass is 9.92. The van der Waals surface area contributed by atoms with Crippen molar-refractivity contribution in [2.75, 3.05) is 13.1 Å². The Hall–Kier alpha value is -1.36. The van der Waals surface area contributed by atoms with Gasteiger partial charge in [-0.1, -0.05) is 0 Å². The molecule has 1 N–H and O–H groups in total. The van der Waals surface area contributed by atoms with Gasteiger partial charge in [0.2, 0.25) is 5.91 Å². The second-order valence-electron chi connectivity index (χ2n) is 5.62. The van der Waals surface area contributed by atoms with Crippen molar-refractivity contribution in [1.82, 2.24) is 20.0 Å². The Morgan fingerprint density at radius 3 is 3.11 bits per heavy atom. The number of carbonyl (C=O) groups excluding carboxylic acids is 1. The fourth-order valence-electron chi connectivity index (χ4n) is 3.35. The molecule has 104 valence electrons. The number of rotatable bonds is 3. The Balaban J connectivity index is 1.70. The average Bonchev–Trinajstić information content (AvgIpc) is 2.94. The third kappa shape index (κ3) is 2.27. The summed E-state index contributed by atoms with van der Waals surface area (Å²) in [4.78, 5) is 13.7. The number of carbonyl (C=O) groups is 1. The summed E-state index contributed by atoms with van der Waals surface area (Å²) in [5, 5.41) is 8.03. The molecule has 1 aromatic rings. The van der Waals surface area contributed by atoms with Crippen LogP contribution in [0.25, 0.3) is 0 Å². The maximum absolute atomic E-state index is 11.8. The molecule has 1 aliphatic heterocycles. The molecule has 1 aromatic heterocycles. The average molecular weight is 262 g/mol. The van der Waals surface area contributed by atoms with E-state index in [1.54, 1.807) is 0 Å². The summed E-state index contributed by atoms with van der Waals surface area (Å²) in [7, 11) is 2.01. The minimum atomic E-state index is 0.280. The smallest absolute Gasteiger partial charge is 0.224 e. The molecule has 1 aliphatic carbocycles. The molecule has 0 aromatic carbocycles. The number of hydrogen-bond acceptors (Lipinski definition) is 3. The highest BCUT2D eigenvalue weighted by molar-refractivity contribution is 5.79. The van der Waals surface area contributed by atoms with Crippen molar-refractivity contribution in [3.05, 3.63) is 17.5 Å². The molecule has 0 radical (unpaired) electrons. The molecule has 19 heavy (non-hydrogen) atoms. The van der Waals surface area contributed by atoms with E-state index in [1.807, 2.05) is 29.7 Å². The van der Waals surface area contributed by atoms with Crippen molar-refractivity contribution in [2.24, 2.45) is 7.05 Å². The van der Waals surface area contributed by atoms with Crippen LogP contribution in [0.1, 0.15) is 43.5 Å². The molecule has 5 nitrogen and oxygen atoms in total. The summed E-state index contributed by atoms with van der Waals surface area (Å²) in [5.74, 6) is 0.280. The topological polar surface area (TPSA) is 50.2 Å². The number of likely N-dealkylation sites (N-methyl/N-ethyl adjacent to an activating group) is 1. The first kappa shape index (κ1) is 12.7. The summed E-state index contributed by atoms with van der Waals surface area (Å²) in [5.41, 5.74) is 2.68. The maximum Gasteiger partial charge on any atom is 0.224 e. The van der Waals surface area contributed by atoms with Gasteiger partial charge in [-0.05, 0) is 26.2 Å². The van der Waals surface area contributed by atoms with Crippen LogP contribution in [-0.4, -0.2) is 39.7 Å². The first-order chi connectivity index (χ1) is 9.19. The van der Waals surface area contributed by atoms with Crippen LogP contribution in [0.2, 0.25) is 0 Å². The SMILES string of the molecule is CCN1CC(NC2CCCc3c2cnn3C)CC1=O. The van der Waals surface area contributed by atoms with Gasteiger partial charge in [-0.3, -0.25) is 9.48 Å². The third-order valence-electron chi connectivity index (χ3n) is 4.41. The van der Waals surface area contributed by atoms with E-state index in [2.05, 4.69) is 10.4 Å². The summed E-state index contributed by atoms with van der Waals surface area (Å²) >= 11 is 0. The number of likely N-dealkylation sites (tertiary alicyclic amines) is 1. The number of nitrogens with zero attached hydrogens (tertiary/aromatic N) is 3. The van der Waals surface area contributed by atoms with Gasteiger partial charge in [0.15, 0.2) is 0 Å². The zero-order valence-corrected chi connectivity index (χ0v) is 11.7. The number of aryl methyl sites for hydroxylation is 1. The number of amides is 1. The van der Waals surface area contributed by atoms with Crippen molar-refractivity contribution >= 4 is 5.91 Å². The van der Waals surface area contributed by atoms with Crippen LogP contribution in [-0.2, 0) is 18.3 Å². The Labute approximate surface area is 114 Å². The highest BCUT2D eigenvalue weighted by Crippen LogP contribution is 2.30. The van der Waals surface area contributed by atoms with Crippen LogP contribution in [0.5, 0.6) is 0 Å². The molecule has 3 rings (SSSR count). The second-order valence-corrected chi connectivity index (χ2v) is 5.62. The van der Waals surface area contributed by atoms with E-state index in [9.17, 15) is 4.79 Å². The Kier molecular flexibility index (Phi) is 3.31. The lowest BCUT2D eigenvalue weighted by Crippen LogP contribution is -2.36. The molecule has 1 saturated heterocycles. The van der Waals surface area contributed by atoms with Crippen LogP contribution in [0.15, 0.2) is 6.20 Å². The Morgan fingerprint density at radius 2 is 2.37 bits per heavy atom. The fourth-order valence-corrected chi connectivity index (χ4v) is 3.35. The molecule has 2 aliphatic rings. The zero-order valence-electron chi connectivity index (χ0n) is 11.7. The van der Waals surface area contributed by atoms with Crippen molar-refractivity contribution in [1.29, 1.82) is 0 Å². The van der Waals surface area contributed by atoms with Crippen LogP contribution in [0.4, 0.5) is 0 Å². The second kappa shape index (κ2) is 4.96. The minimum absolute atomic E-state index is 0.280. The minimum Gasteiger partial charge on any atom is -0.341 e. The van der Waals surface area contributed by atoms with E-state index in [4.69, 9.17) is 0 Å². The monoisotopic (exact) mass is 262 g/mol. The van der Waals surface area contributed by atoms with Gasteiger partial charge in [0, 0.05) is 49.9 Å². The largest absolute Gasteiger partial charge is 0.341 e. The lowest BCUT2D eigenvalue weighted by molar-refractivity contribution is -0.127. The molecule has 0 bridgehead atoms. The summed E-state index contributed by atoms with van der Waals surface area (Å²) in [6.45, 7) is 3.71. The van der Waals surface area contributed by atoms with E-state index in [0.29, 0.717) is 18.5 Å². The highest BCUT2D eigenvalue weighted by Gasteiger charge is 2.32. The quantitative estimate of drug-likeness (QED) is 0.884. The summed E-state index contributed by atoms with van der Waals surface area (Å²) in [6.07, 6.45) is 6.09. The van der Waals surface area contributed by atoms with Crippen molar-refractivity contribution in [2.45, 2.75) is 44.7 Å². The molecule has 0 saturated carbocycles. The first-order valence-electron chi connectivity index (χ1n) is 7.23. The van der Waals surface area contributed by atoms with Gasteiger partial charge in [-0.25, -0.2) is 0 Å². The van der Waals surface area contributed by atoms with Crippen molar-refractivity contribution in [3.63, 3.8) is 0 Å². The number of hydrogen-bond donors (Lipinski definition) is 1. The molecule has 5 heteroatoms. The highest BCUT2D eigenvalue weighted by atomic mass is 16.2. The predicted molar refractivity (Wildman–Crippen MR) is 72.7 cm³/mol. The van der Waals surface area contributed by atoms with Gasteiger partial charge < -0.3 is 10.2 Å². The molecule has 2 atom stereocenters. The first-order valence-corrected chi connectivity index (χ1v) is 7.23. The molecule has 1 fully saturated rings. The van der Waals surface area contributed by atoms with Crippen molar-refractivity contribution in [3.8, 4) is 0 Å². The molecule has 0 spiro atoms. The van der Waals surface area contributed by atoms with E-state index >= 15 is 0 Å². The summed E-state index contributed by atoms with van der Waals surface area (Å²) < 4.78 is 1.99. The van der Waals surface area contributed by atoms with E-state index < -0.39 is 0 Å². The van der Waals surface area contributed by atoms with Gasteiger partial charge in [-0.15, -0.1) is 0 Å². The zero-order chi connectivity index (χ0) is 13.4. The van der Waals surface area contributed by atoms with Crippen LogP contribution in [0, 0.1) is 0 Å². The van der Waals surface area contributed by atoms with E-state index in [1.165, 1.54) is 17.7 Å². The standard InChI is InChI=1S/C14H22N4O/c1-3-18-9-10(7-14(18)19)16-12-5-4-6-13-11(12)8-15-17(13)2/h8,10,12,16H,3-7,9H2,1-2H3. The van der Waals surface area contributed by atoms with E-state index in [0.717, 1.165) is 25.9 Å². The van der Waals surface area contributed by atoms with Gasteiger partial charge >= 0.3 is 0 Å². The number of nitrogens with one attached hydrogen (secondary N) is 1. The van der Waals surface area contributed by atoms with Crippen LogP contribution >= 0.6 is 0 Å². The van der Waals surface area contributed by atoms with Gasteiger partial charge in [0.25, 0.3) is 0 Å². The third-order valence-corrected chi connectivity index (χ3v) is 4.41. The van der Waals surface area contributed by atoms with E-state index in [-0.39, 0.29) is 5.91 Å². The fraction of sp³-hybridized carbons (Fsp3) is 0.714. The van der Waals surface area contributed by atoms with Crippen molar-refractivity contribution < 1.29 is 4.79 Å².